The Morgan fingerprint density at radius 3 is 0.733 bits per heavy atom. The highest BCUT2D eigenvalue weighted by Crippen LogP contribution is 1.95. The summed E-state index contributed by atoms with van der Waals surface area (Å²) in [6.07, 6.45) is 5.54. The first-order chi connectivity index (χ1) is 7.16. The molecular formula is C9H20Cl6. The lowest BCUT2D eigenvalue weighted by Crippen LogP contribution is -1.66. The predicted molar refractivity (Wildman–Crippen MR) is 79.5 cm³/mol. The summed E-state index contributed by atoms with van der Waals surface area (Å²) in [5.74, 6) is 0. The summed E-state index contributed by atoms with van der Waals surface area (Å²) < 4.78 is 0. The lowest BCUT2D eigenvalue weighted by atomic mass is 10.2. The monoisotopic (exact) mass is 338 g/mol. The molecule has 6 heteroatoms. The average molecular weight is 341 g/mol. The van der Waals surface area contributed by atoms with E-state index in [1.54, 1.807) is 0 Å². The Morgan fingerprint density at radius 2 is 0.667 bits per heavy atom. The summed E-state index contributed by atoms with van der Waals surface area (Å²) in [4.78, 5) is 0. The molecule has 0 aromatic rings. The van der Waals surface area contributed by atoms with Gasteiger partial charge < -0.3 is 0 Å². The number of hydrogen-bond donors (Lipinski definition) is 0. The van der Waals surface area contributed by atoms with E-state index in [4.69, 9.17) is 69.6 Å². The number of hydrogen-bond acceptors (Lipinski definition) is 0. The number of rotatable bonds is 3. The van der Waals surface area contributed by atoms with Crippen molar-refractivity contribution in [3.05, 3.63) is 0 Å². The average Bonchev–Trinajstić information content (AvgIpc) is 2.18. The molecule has 0 heterocycles. The summed E-state index contributed by atoms with van der Waals surface area (Å²) in [5, 5.41) is 0.583. The van der Waals surface area contributed by atoms with Gasteiger partial charge in [0.1, 0.15) is 0 Å². The summed E-state index contributed by atoms with van der Waals surface area (Å²) in [6.45, 7) is 4.46. The summed E-state index contributed by atoms with van der Waals surface area (Å²) in [5.41, 5.74) is 0. The standard InChI is InChI=1S/C6H14.3CH2Cl2/c1-3-5-6-4-2;3*2-1-3/h3-6H2,1-2H3;3*1H2. The van der Waals surface area contributed by atoms with Crippen LogP contribution in [0.4, 0.5) is 0 Å². The van der Waals surface area contributed by atoms with Crippen LogP contribution in [0.5, 0.6) is 0 Å². The van der Waals surface area contributed by atoms with Crippen LogP contribution in [0.2, 0.25) is 0 Å². The largest absolute Gasteiger partial charge is 0.109 e. The molecule has 0 unspecified atom stereocenters. The second-order valence-electron chi connectivity index (χ2n) is 2.01. The number of alkyl halides is 6. The topological polar surface area (TPSA) is 0 Å². The van der Waals surface area contributed by atoms with Gasteiger partial charge in [0, 0.05) is 0 Å². The highest BCUT2D eigenvalue weighted by molar-refractivity contribution is 6.41. The Balaban J connectivity index is -0.0000000581. The minimum Gasteiger partial charge on any atom is -0.109 e. The van der Waals surface area contributed by atoms with Crippen LogP contribution in [0.25, 0.3) is 0 Å². The molecule has 0 amide bonds. The van der Waals surface area contributed by atoms with E-state index in [9.17, 15) is 0 Å². The van der Waals surface area contributed by atoms with E-state index in [0.717, 1.165) is 0 Å². The lowest BCUT2D eigenvalue weighted by Gasteiger charge is -1.86. The Hall–Kier alpha value is 1.74. The van der Waals surface area contributed by atoms with Gasteiger partial charge in [-0.15, -0.1) is 69.6 Å². The zero-order valence-corrected chi connectivity index (χ0v) is 13.8. The summed E-state index contributed by atoms with van der Waals surface area (Å²) >= 11 is 28.6. The van der Waals surface area contributed by atoms with Crippen LogP contribution in [0.3, 0.4) is 0 Å². The van der Waals surface area contributed by atoms with Crippen molar-refractivity contribution in [3.8, 4) is 0 Å². The normalized spacial score (nSPS) is 7.20. The molecule has 0 atom stereocenters. The number of halogens is 6. The van der Waals surface area contributed by atoms with Crippen molar-refractivity contribution < 1.29 is 0 Å². The molecule has 0 nitrogen and oxygen atoms in total. The van der Waals surface area contributed by atoms with Crippen molar-refractivity contribution in [2.75, 3.05) is 16.0 Å². The second-order valence-corrected chi connectivity index (χ2v) is 4.43. The predicted octanol–water partition coefficient (Wildman–Crippen LogP) is 6.85. The van der Waals surface area contributed by atoms with Crippen LogP contribution < -0.4 is 0 Å². The summed E-state index contributed by atoms with van der Waals surface area (Å²) in [7, 11) is 0. The molecule has 0 bridgehead atoms. The van der Waals surface area contributed by atoms with Crippen molar-refractivity contribution in [1.82, 2.24) is 0 Å². The zero-order chi connectivity index (χ0) is 12.9. The van der Waals surface area contributed by atoms with E-state index >= 15 is 0 Å². The van der Waals surface area contributed by atoms with E-state index in [-0.39, 0.29) is 16.0 Å². The third-order valence-corrected chi connectivity index (χ3v) is 0.957. The molecule has 0 aliphatic carbocycles. The van der Waals surface area contributed by atoms with Gasteiger partial charge in [-0.3, -0.25) is 0 Å². The fourth-order valence-electron chi connectivity index (χ4n) is 0.500. The minimum atomic E-state index is 0.194. The van der Waals surface area contributed by atoms with Crippen molar-refractivity contribution in [3.63, 3.8) is 0 Å². The Bertz CT molecular complexity index is 45.1. The van der Waals surface area contributed by atoms with E-state index < -0.39 is 0 Å². The van der Waals surface area contributed by atoms with Crippen molar-refractivity contribution in [1.29, 1.82) is 0 Å². The maximum Gasteiger partial charge on any atom is 0.0967 e. The number of unbranched alkanes of at least 4 members (excludes halogenated alkanes) is 3. The van der Waals surface area contributed by atoms with Crippen LogP contribution in [-0.4, -0.2) is 16.0 Å². The van der Waals surface area contributed by atoms with Crippen LogP contribution >= 0.6 is 69.6 Å². The molecule has 15 heavy (non-hydrogen) atoms. The Morgan fingerprint density at radius 1 is 0.533 bits per heavy atom. The molecule has 0 aromatic heterocycles. The third-order valence-electron chi connectivity index (χ3n) is 0.957. The highest BCUT2D eigenvalue weighted by Gasteiger charge is 1.75. The van der Waals surface area contributed by atoms with Crippen LogP contribution in [0.1, 0.15) is 39.5 Å². The van der Waals surface area contributed by atoms with Gasteiger partial charge in [0.2, 0.25) is 0 Å². The molecule has 0 N–H and O–H groups in total. The van der Waals surface area contributed by atoms with E-state index in [2.05, 4.69) is 13.8 Å². The maximum absolute atomic E-state index is 4.76. The quantitative estimate of drug-likeness (QED) is 0.389. The molecule has 0 rings (SSSR count). The van der Waals surface area contributed by atoms with E-state index in [1.807, 2.05) is 0 Å². The fraction of sp³-hybridized carbons (Fsp3) is 1.00. The van der Waals surface area contributed by atoms with Crippen LogP contribution in [-0.2, 0) is 0 Å². The molecule has 0 radical (unpaired) electrons. The third kappa shape index (κ3) is 132. The second kappa shape index (κ2) is 44.8. The Kier molecular flexibility index (Phi) is 76.3. The van der Waals surface area contributed by atoms with E-state index in [0.29, 0.717) is 0 Å². The Labute approximate surface area is 124 Å². The van der Waals surface area contributed by atoms with E-state index in [1.165, 1.54) is 25.7 Å². The van der Waals surface area contributed by atoms with Gasteiger partial charge in [0.25, 0.3) is 0 Å². The SMILES string of the molecule is CCCCCC.ClCCl.ClCCl.ClCCl. The van der Waals surface area contributed by atoms with Gasteiger partial charge >= 0.3 is 0 Å². The molecule has 98 valence electrons. The van der Waals surface area contributed by atoms with Crippen molar-refractivity contribution >= 4 is 69.6 Å². The molecular weight excluding hydrogens is 321 g/mol. The van der Waals surface area contributed by atoms with Crippen molar-refractivity contribution in [2.24, 2.45) is 0 Å². The molecule has 0 fully saturated rings. The molecule has 0 aliphatic heterocycles. The first-order valence-corrected chi connectivity index (χ1v) is 7.72. The van der Waals surface area contributed by atoms with Crippen LogP contribution in [0.15, 0.2) is 0 Å². The first-order valence-electron chi connectivity index (χ1n) is 4.52. The van der Waals surface area contributed by atoms with Crippen LogP contribution in [0, 0.1) is 0 Å². The zero-order valence-electron chi connectivity index (χ0n) is 9.22. The van der Waals surface area contributed by atoms with Gasteiger partial charge in [-0.25, -0.2) is 0 Å². The first kappa shape index (κ1) is 25.6. The van der Waals surface area contributed by atoms with Gasteiger partial charge in [-0.2, -0.15) is 0 Å². The van der Waals surface area contributed by atoms with Gasteiger partial charge in [-0.05, 0) is 0 Å². The van der Waals surface area contributed by atoms with Crippen molar-refractivity contribution in [2.45, 2.75) is 39.5 Å². The van der Waals surface area contributed by atoms with Gasteiger partial charge in [-0.1, -0.05) is 39.5 Å². The molecule has 0 spiro atoms. The van der Waals surface area contributed by atoms with Gasteiger partial charge in [0.15, 0.2) is 0 Å². The summed E-state index contributed by atoms with van der Waals surface area (Å²) in [6, 6.07) is 0. The molecule has 0 saturated carbocycles. The molecule has 0 aromatic carbocycles. The minimum absolute atomic E-state index is 0.194. The van der Waals surface area contributed by atoms with Gasteiger partial charge in [0.05, 0.1) is 16.0 Å². The molecule has 0 aliphatic rings. The maximum atomic E-state index is 4.76. The highest BCUT2D eigenvalue weighted by atomic mass is 35.5. The lowest BCUT2D eigenvalue weighted by molar-refractivity contribution is 0.702. The smallest absolute Gasteiger partial charge is 0.0967 e. The fourth-order valence-corrected chi connectivity index (χ4v) is 0.500. The molecule has 0 saturated heterocycles.